The van der Waals surface area contributed by atoms with Gasteiger partial charge in [-0.3, -0.25) is 0 Å². The van der Waals surface area contributed by atoms with Crippen LogP contribution in [0.5, 0.6) is 5.75 Å². The van der Waals surface area contributed by atoms with Crippen LogP contribution in [0.4, 0.5) is 0 Å². The second-order valence-corrected chi connectivity index (χ2v) is 4.88. The maximum atomic E-state index is 6.00. The van der Waals surface area contributed by atoms with Crippen LogP contribution in [-0.2, 0) is 6.54 Å². The van der Waals surface area contributed by atoms with Crippen molar-refractivity contribution in [3.8, 4) is 17.0 Å². The van der Waals surface area contributed by atoms with Crippen LogP contribution in [0.1, 0.15) is 5.01 Å². The second kappa shape index (κ2) is 5.49. The van der Waals surface area contributed by atoms with Gasteiger partial charge in [0.15, 0.2) is 0 Å². The zero-order valence-electron chi connectivity index (χ0n) is 9.66. The molecule has 3 nitrogen and oxygen atoms in total. The van der Waals surface area contributed by atoms with Crippen LogP contribution in [0, 0.1) is 0 Å². The Labute approximate surface area is 109 Å². The molecule has 90 valence electrons. The molecule has 0 aliphatic rings. The number of nitrogens with zero attached hydrogens (tertiary/aromatic N) is 1. The SMILES string of the molecule is CNCc1nc(-c2cc(Cl)ccc2OC)cs1. The van der Waals surface area contributed by atoms with Crippen molar-refractivity contribution in [3.63, 3.8) is 0 Å². The molecule has 1 aromatic carbocycles. The van der Waals surface area contributed by atoms with Gasteiger partial charge in [0.25, 0.3) is 0 Å². The van der Waals surface area contributed by atoms with E-state index in [1.165, 1.54) is 0 Å². The summed E-state index contributed by atoms with van der Waals surface area (Å²) in [5.74, 6) is 0.788. The number of nitrogens with one attached hydrogen (secondary N) is 1. The van der Waals surface area contributed by atoms with Gasteiger partial charge in [-0.25, -0.2) is 4.98 Å². The Morgan fingerprint density at radius 2 is 2.29 bits per heavy atom. The van der Waals surface area contributed by atoms with Crippen molar-refractivity contribution in [2.75, 3.05) is 14.2 Å². The van der Waals surface area contributed by atoms with Gasteiger partial charge < -0.3 is 10.1 Å². The Kier molecular flexibility index (Phi) is 3.99. The lowest BCUT2D eigenvalue weighted by molar-refractivity contribution is 0.416. The van der Waals surface area contributed by atoms with E-state index in [9.17, 15) is 0 Å². The van der Waals surface area contributed by atoms with E-state index in [1.807, 2.05) is 30.6 Å². The van der Waals surface area contributed by atoms with E-state index in [-0.39, 0.29) is 0 Å². The van der Waals surface area contributed by atoms with Gasteiger partial charge in [0, 0.05) is 22.5 Å². The van der Waals surface area contributed by atoms with Crippen LogP contribution in [-0.4, -0.2) is 19.1 Å². The molecule has 2 aromatic rings. The molecule has 5 heteroatoms. The minimum absolute atomic E-state index is 0.684. The first-order valence-electron chi connectivity index (χ1n) is 5.17. The summed E-state index contributed by atoms with van der Waals surface area (Å²) in [6.45, 7) is 0.771. The molecule has 1 N–H and O–H groups in total. The monoisotopic (exact) mass is 268 g/mol. The first-order valence-corrected chi connectivity index (χ1v) is 6.43. The first-order chi connectivity index (χ1) is 8.24. The first kappa shape index (κ1) is 12.4. The van der Waals surface area contributed by atoms with Gasteiger partial charge in [0.1, 0.15) is 10.8 Å². The van der Waals surface area contributed by atoms with Crippen molar-refractivity contribution in [1.82, 2.24) is 10.3 Å². The molecule has 0 aliphatic carbocycles. The summed E-state index contributed by atoms with van der Waals surface area (Å²) in [7, 11) is 3.55. The molecule has 0 saturated heterocycles. The largest absolute Gasteiger partial charge is 0.496 e. The quantitative estimate of drug-likeness (QED) is 0.925. The summed E-state index contributed by atoms with van der Waals surface area (Å²) in [5, 5.41) is 6.82. The van der Waals surface area contributed by atoms with Crippen LogP contribution >= 0.6 is 22.9 Å². The van der Waals surface area contributed by atoms with Gasteiger partial charge in [-0.05, 0) is 25.2 Å². The molecule has 0 aliphatic heterocycles. The standard InChI is InChI=1S/C12H13ClN2OS/c1-14-6-12-15-10(7-17-12)9-5-8(13)3-4-11(9)16-2/h3-5,7,14H,6H2,1-2H3. The molecule has 0 bridgehead atoms. The van der Waals surface area contributed by atoms with Crippen molar-refractivity contribution in [2.24, 2.45) is 0 Å². The minimum Gasteiger partial charge on any atom is -0.496 e. The molecule has 1 heterocycles. The van der Waals surface area contributed by atoms with E-state index in [4.69, 9.17) is 16.3 Å². The number of methoxy groups -OCH3 is 1. The fourth-order valence-electron chi connectivity index (χ4n) is 1.55. The Hall–Kier alpha value is -1.10. The predicted octanol–water partition coefficient (Wildman–Crippen LogP) is 3.19. The zero-order chi connectivity index (χ0) is 12.3. The molecule has 0 spiro atoms. The van der Waals surface area contributed by atoms with Gasteiger partial charge >= 0.3 is 0 Å². The second-order valence-electron chi connectivity index (χ2n) is 3.50. The van der Waals surface area contributed by atoms with Crippen LogP contribution in [0.3, 0.4) is 0 Å². The third kappa shape index (κ3) is 2.77. The number of ether oxygens (including phenoxy) is 1. The van der Waals surface area contributed by atoms with E-state index in [2.05, 4.69) is 10.3 Å². The molecule has 0 unspecified atom stereocenters. The van der Waals surface area contributed by atoms with Crippen molar-refractivity contribution in [2.45, 2.75) is 6.54 Å². The number of hydrogen-bond acceptors (Lipinski definition) is 4. The van der Waals surface area contributed by atoms with Crippen LogP contribution in [0.2, 0.25) is 5.02 Å². The minimum atomic E-state index is 0.684. The summed E-state index contributed by atoms with van der Waals surface area (Å²) in [4.78, 5) is 4.54. The van der Waals surface area contributed by atoms with E-state index < -0.39 is 0 Å². The molecular weight excluding hydrogens is 256 g/mol. The van der Waals surface area contributed by atoms with Gasteiger partial charge in [0.2, 0.25) is 0 Å². The number of halogens is 1. The van der Waals surface area contributed by atoms with Crippen LogP contribution in [0.15, 0.2) is 23.6 Å². The summed E-state index contributed by atoms with van der Waals surface area (Å²) >= 11 is 7.62. The highest BCUT2D eigenvalue weighted by molar-refractivity contribution is 7.09. The third-order valence-corrected chi connectivity index (χ3v) is 3.40. The summed E-state index contributed by atoms with van der Waals surface area (Å²) in [6.07, 6.45) is 0. The van der Waals surface area contributed by atoms with E-state index in [0.717, 1.165) is 28.6 Å². The number of aromatic nitrogens is 1. The van der Waals surface area contributed by atoms with Crippen molar-refractivity contribution < 1.29 is 4.74 Å². The maximum absolute atomic E-state index is 6.00. The summed E-state index contributed by atoms with van der Waals surface area (Å²) < 4.78 is 5.31. The highest BCUT2D eigenvalue weighted by Crippen LogP contribution is 2.32. The Morgan fingerprint density at radius 3 is 3.00 bits per heavy atom. The lowest BCUT2D eigenvalue weighted by Gasteiger charge is -2.06. The fourth-order valence-corrected chi connectivity index (χ4v) is 2.53. The lowest BCUT2D eigenvalue weighted by Crippen LogP contribution is -2.04. The van der Waals surface area contributed by atoms with Crippen LogP contribution < -0.4 is 10.1 Å². The topological polar surface area (TPSA) is 34.2 Å². The molecule has 0 fully saturated rings. The molecule has 0 saturated carbocycles. The van der Waals surface area contributed by atoms with Crippen molar-refractivity contribution in [1.29, 1.82) is 0 Å². The molecule has 0 amide bonds. The maximum Gasteiger partial charge on any atom is 0.128 e. The fraction of sp³-hybridized carbons (Fsp3) is 0.250. The molecule has 1 aromatic heterocycles. The van der Waals surface area contributed by atoms with Gasteiger partial charge in [-0.2, -0.15) is 0 Å². The van der Waals surface area contributed by atoms with E-state index in [0.29, 0.717) is 5.02 Å². The lowest BCUT2D eigenvalue weighted by atomic mass is 10.1. The van der Waals surface area contributed by atoms with Crippen molar-refractivity contribution >= 4 is 22.9 Å². The highest BCUT2D eigenvalue weighted by Gasteiger charge is 2.10. The smallest absolute Gasteiger partial charge is 0.128 e. The Balaban J connectivity index is 2.40. The molecular formula is C12H13ClN2OS. The highest BCUT2D eigenvalue weighted by atomic mass is 35.5. The van der Waals surface area contributed by atoms with E-state index >= 15 is 0 Å². The van der Waals surface area contributed by atoms with Crippen LogP contribution in [0.25, 0.3) is 11.3 Å². The number of rotatable bonds is 4. The zero-order valence-corrected chi connectivity index (χ0v) is 11.2. The van der Waals surface area contributed by atoms with Gasteiger partial charge in [-0.15, -0.1) is 11.3 Å². The number of benzene rings is 1. The number of hydrogen-bond donors (Lipinski definition) is 1. The molecule has 0 radical (unpaired) electrons. The Morgan fingerprint density at radius 1 is 1.47 bits per heavy atom. The number of thiazole rings is 1. The molecule has 0 atom stereocenters. The Bertz CT molecular complexity index is 513. The van der Waals surface area contributed by atoms with Gasteiger partial charge in [0.05, 0.1) is 12.8 Å². The van der Waals surface area contributed by atoms with Gasteiger partial charge in [-0.1, -0.05) is 11.6 Å². The predicted molar refractivity (Wildman–Crippen MR) is 71.9 cm³/mol. The van der Waals surface area contributed by atoms with E-state index in [1.54, 1.807) is 18.4 Å². The summed E-state index contributed by atoms with van der Waals surface area (Å²) in [6, 6.07) is 5.54. The molecule has 2 rings (SSSR count). The molecule has 17 heavy (non-hydrogen) atoms. The summed E-state index contributed by atoms with van der Waals surface area (Å²) in [5.41, 5.74) is 1.83. The average Bonchev–Trinajstić information content (AvgIpc) is 2.78. The van der Waals surface area contributed by atoms with Crippen molar-refractivity contribution in [3.05, 3.63) is 33.6 Å². The average molecular weight is 269 g/mol. The normalized spacial score (nSPS) is 10.5. The third-order valence-electron chi connectivity index (χ3n) is 2.32.